The van der Waals surface area contributed by atoms with E-state index in [0.717, 1.165) is 21.9 Å². The molecule has 37 heavy (non-hydrogen) atoms. The fourth-order valence-electron chi connectivity index (χ4n) is 5.24. The van der Waals surface area contributed by atoms with Crippen LogP contribution in [0.5, 0.6) is 0 Å². The molecule has 4 aromatic rings. The van der Waals surface area contributed by atoms with Gasteiger partial charge in [0, 0.05) is 56.9 Å². The van der Waals surface area contributed by atoms with Crippen molar-refractivity contribution in [3.63, 3.8) is 0 Å². The Hall–Kier alpha value is -4.10. The Morgan fingerprint density at radius 3 is 2.51 bits per heavy atom. The third-order valence-electron chi connectivity index (χ3n) is 7.03. The number of aromatic nitrogens is 1. The highest BCUT2D eigenvalue weighted by atomic mass is 19.1. The first-order valence-electron chi connectivity index (χ1n) is 12.4. The van der Waals surface area contributed by atoms with Crippen LogP contribution in [0.1, 0.15) is 33.9 Å². The van der Waals surface area contributed by atoms with Gasteiger partial charge in [-0.1, -0.05) is 66.7 Å². The monoisotopic (exact) mass is 496 g/mol. The minimum Gasteiger partial charge on any atom is -0.359 e. The van der Waals surface area contributed by atoms with Crippen molar-refractivity contribution in [3.8, 4) is 0 Å². The smallest absolute Gasteiger partial charge is 0.256 e. The van der Waals surface area contributed by atoms with Gasteiger partial charge in [0.2, 0.25) is 5.91 Å². The van der Waals surface area contributed by atoms with Crippen molar-refractivity contribution in [2.45, 2.75) is 18.5 Å². The number of fused-ring (bicyclic) bond motifs is 1. The van der Waals surface area contributed by atoms with Crippen LogP contribution in [-0.2, 0) is 4.79 Å². The maximum Gasteiger partial charge on any atom is 0.256 e. The number of carbonyl (C=O) groups excluding carboxylic acids is 2. The van der Waals surface area contributed by atoms with Crippen LogP contribution in [0.2, 0.25) is 0 Å². The van der Waals surface area contributed by atoms with Crippen molar-refractivity contribution in [2.24, 2.45) is 0 Å². The van der Waals surface area contributed by atoms with Crippen molar-refractivity contribution >= 4 is 22.6 Å². The molecule has 0 saturated carbocycles. The lowest BCUT2D eigenvalue weighted by Crippen LogP contribution is -2.56. The Morgan fingerprint density at radius 2 is 1.73 bits per heavy atom. The first-order chi connectivity index (χ1) is 18.0. The first-order valence-corrected chi connectivity index (χ1v) is 12.4. The fourth-order valence-corrected chi connectivity index (χ4v) is 5.24. The predicted octanol–water partition coefficient (Wildman–Crippen LogP) is 4.43. The molecular formula is C30H29FN4O2. The Morgan fingerprint density at radius 1 is 0.973 bits per heavy atom. The summed E-state index contributed by atoms with van der Waals surface area (Å²) in [6.07, 6.45) is 3.58. The number of amides is 2. The van der Waals surface area contributed by atoms with Crippen LogP contribution in [0, 0.1) is 5.82 Å². The van der Waals surface area contributed by atoms with Gasteiger partial charge in [-0.25, -0.2) is 4.39 Å². The molecule has 2 heterocycles. The summed E-state index contributed by atoms with van der Waals surface area (Å²) < 4.78 is 14.3. The summed E-state index contributed by atoms with van der Waals surface area (Å²) in [4.78, 5) is 34.6. The fraction of sp³-hybridized carbons (Fsp3) is 0.233. The van der Waals surface area contributed by atoms with E-state index in [2.05, 4.69) is 15.2 Å². The topological polar surface area (TPSA) is 65.5 Å². The summed E-state index contributed by atoms with van der Waals surface area (Å²) in [6, 6.07) is 23.7. The second-order valence-electron chi connectivity index (χ2n) is 9.30. The van der Waals surface area contributed by atoms with E-state index in [1.54, 1.807) is 36.5 Å². The number of nitrogens with zero attached hydrogens (tertiary/aromatic N) is 3. The van der Waals surface area contributed by atoms with Crippen LogP contribution in [0.4, 0.5) is 4.39 Å². The normalized spacial score (nSPS) is 16.9. The zero-order valence-electron chi connectivity index (χ0n) is 20.7. The summed E-state index contributed by atoms with van der Waals surface area (Å²) in [6.45, 7) is 1.38. The molecule has 0 aliphatic carbocycles. The number of benzene rings is 3. The summed E-state index contributed by atoms with van der Waals surface area (Å²) in [5.41, 5.74) is 2.37. The van der Waals surface area contributed by atoms with Gasteiger partial charge in [0.05, 0.1) is 11.6 Å². The summed E-state index contributed by atoms with van der Waals surface area (Å²) in [5.74, 6) is -0.520. The van der Waals surface area contributed by atoms with Gasteiger partial charge < -0.3 is 10.2 Å². The molecule has 2 atom stereocenters. The molecule has 188 valence electrons. The van der Waals surface area contributed by atoms with E-state index >= 15 is 0 Å². The van der Waals surface area contributed by atoms with E-state index in [1.165, 1.54) is 6.07 Å². The zero-order chi connectivity index (χ0) is 25.8. The molecule has 0 spiro atoms. The lowest BCUT2D eigenvalue weighted by atomic mass is 9.93. The molecule has 2 amide bonds. The average Bonchev–Trinajstić information content (AvgIpc) is 2.94. The van der Waals surface area contributed by atoms with Gasteiger partial charge in [0.1, 0.15) is 5.82 Å². The second-order valence-corrected chi connectivity index (χ2v) is 9.30. The molecule has 0 radical (unpaired) electrons. The number of piperazine rings is 1. The largest absolute Gasteiger partial charge is 0.359 e. The third-order valence-corrected chi connectivity index (χ3v) is 7.03. The predicted molar refractivity (Wildman–Crippen MR) is 142 cm³/mol. The highest BCUT2D eigenvalue weighted by molar-refractivity contribution is 6.06. The molecule has 1 aliphatic rings. The van der Waals surface area contributed by atoms with Gasteiger partial charge in [-0.05, 0) is 28.6 Å². The van der Waals surface area contributed by atoms with E-state index in [4.69, 9.17) is 0 Å². The molecule has 1 saturated heterocycles. The van der Waals surface area contributed by atoms with Gasteiger partial charge in [-0.2, -0.15) is 0 Å². The number of pyridine rings is 1. The van der Waals surface area contributed by atoms with Gasteiger partial charge in [0.25, 0.3) is 5.91 Å². The molecule has 1 N–H and O–H groups in total. The molecule has 5 rings (SSSR count). The number of halogens is 1. The van der Waals surface area contributed by atoms with E-state index in [0.29, 0.717) is 25.2 Å². The molecule has 3 aromatic carbocycles. The molecular weight excluding hydrogens is 467 g/mol. The second kappa shape index (κ2) is 10.9. The number of rotatable bonds is 6. The third kappa shape index (κ3) is 5.22. The number of nitrogens with one attached hydrogen (secondary N) is 1. The van der Waals surface area contributed by atoms with Gasteiger partial charge >= 0.3 is 0 Å². The minimum absolute atomic E-state index is 0.104. The number of hydrogen-bond acceptors (Lipinski definition) is 4. The van der Waals surface area contributed by atoms with Crippen LogP contribution in [0.15, 0.2) is 91.3 Å². The van der Waals surface area contributed by atoms with Gasteiger partial charge in [-0.15, -0.1) is 0 Å². The maximum atomic E-state index is 14.3. The van der Waals surface area contributed by atoms with E-state index in [9.17, 15) is 14.0 Å². The molecule has 0 unspecified atom stereocenters. The van der Waals surface area contributed by atoms with Crippen LogP contribution >= 0.6 is 0 Å². The van der Waals surface area contributed by atoms with Crippen LogP contribution < -0.4 is 5.32 Å². The maximum absolute atomic E-state index is 14.3. The average molecular weight is 497 g/mol. The molecule has 1 fully saturated rings. The first kappa shape index (κ1) is 24.6. The van der Waals surface area contributed by atoms with Crippen molar-refractivity contribution in [2.75, 3.05) is 26.7 Å². The summed E-state index contributed by atoms with van der Waals surface area (Å²) in [5, 5.41) is 4.48. The highest BCUT2D eigenvalue weighted by Crippen LogP contribution is 2.34. The van der Waals surface area contributed by atoms with E-state index in [1.807, 2.05) is 60.7 Å². The molecule has 1 aromatic heterocycles. The number of hydrogen-bond donors (Lipinski definition) is 1. The van der Waals surface area contributed by atoms with Crippen molar-refractivity contribution in [3.05, 3.63) is 114 Å². The quantitative estimate of drug-likeness (QED) is 0.429. The Balaban J connectivity index is 1.50. The summed E-state index contributed by atoms with van der Waals surface area (Å²) >= 11 is 0. The summed E-state index contributed by atoms with van der Waals surface area (Å²) in [7, 11) is 1.61. The van der Waals surface area contributed by atoms with Crippen molar-refractivity contribution in [1.29, 1.82) is 0 Å². The molecule has 0 bridgehead atoms. The van der Waals surface area contributed by atoms with Crippen LogP contribution in [0.25, 0.3) is 10.8 Å². The molecule has 1 aliphatic heterocycles. The highest BCUT2D eigenvalue weighted by Gasteiger charge is 2.36. The Bertz CT molecular complexity index is 1410. The van der Waals surface area contributed by atoms with Crippen molar-refractivity contribution < 1.29 is 14.0 Å². The zero-order valence-corrected chi connectivity index (χ0v) is 20.7. The van der Waals surface area contributed by atoms with Gasteiger partial charge in [0.15, 0.2) is 0 Å². The van der Waals surface area contributed by atoms with Crippen molar-refractivity contribution in [1.82, 2.24) is 20.1 Å². The standard InChI is InChI=1S/C30H29FN4O2/c1-32-28(36)17-25-20-34(30(37)27-19-33-18-23-10-5-6-13-26(23)27)14-15-35(25)29(21-8-3-2-4-9-21)22-11-7-12-24(31)16-22/h2-13,16,18-19,25,29H,14-15,17,20H2,1H3,(H,32,36)/t25-,29-/m1/s1. The Labute approximate surface area is 215 Å². The minimum atomic E-state index is -0.307. The van der Waals surface area contributed by atoms with Crippen LogP contribution in [-0.4, -0.2) is 59.3 Å². The van der Waals surface area contributed by atoms with Crippen LogP contribution in [0.3, 0.4) is 0 Å². The molecule has 6 nitrogen and oxygen atoms in total. The molecule has 7 heteroatoms. The lowest BCUT2D eigenvalue weighted by Gasteiger charge is -2.45. The van der Waals surface area contributed by atoms with E-state index < -0.39 is 0 Å². The lowest BCUT2D eigenvalue weighted by molar-refractivity contribution is -0.122. The number of carbonyl (C=O) groups is 2. The van der Waals surface area contributed by atoms with Gasteiger partial charge in [-0.3, -0.25) is 19.5 Å². The van der Waals surface area contributed by atoms with E-state index in [-0.39, 0.29) is 36.1 Å². The SMILES string of the molecule is CNC(=O)C[C@@H]1CN(C(=O)c2cncc3ccccc23)CCN1[C@H](c1ccccc1)c1cccc(F)c1. The Kier molecular flexibility index (Phi) is 7.23.